The lowest BCUT2D eigenvalue weighted by atomic mass is 9.86. The Morgan fingerprint density at radius 3 is 2.16 bits per heavy atom. The molecule has 0 atom stereocenters. The zero-order valence-electron chi connectivity index (χ0n) is 16.5. The first-order chi connectivity index (χ1) is 11.6. The summed E-state index contributed by atoms with van der Waals surface area (Å²) in [7, 11) is 3.80. The summed E-state index contributed by atoms with van der Waals surface area (Å²) < 4.78 is 5.41. The van der Waals surface area contributed by atoms with Crippen LogP contribution in [-0.4, -0.2) is 54.5 Å². The van der Waals surface area contributed by atoms with Gasteiger partial charge in [-0.05, 0) is 46.1 Å². The van der Waals surface area contributed by atoms with Crippen molar-refractivity contribution in [1.82, 2.24) is 9.80 Å². The average molecular weight is 348 g/mol. The molecule has 25 heavy (non-hydrogen) atoms. The number of nitrogens with zero attached hydrogens (tertiary/aromatic N) is 2. The number of ketones is 1. The molecule has 0 N–H and O–H groups in total. The molecule has 5 heteroatoms. The van der Waals surface area contributed by atoms with Crippen LogP contribution in [-0.2, 0) is 9.53 Å². The van der Waals surface area contributed by atoms with Gasteiger partial charge in [-0.1, -0.05) is 18.7 Å². The fourth-order valence-corrected chi connectivity index (χ4v) is 2.79. The maximum atomic E-state index is 13.0. The second kappa shape index (κ2) is 8.88. The Labute approximate surface area is 152 Å². The van der Waals surface area contributed by atoms with Crippen LogP contribution in [0, 0.1) is 5.92 Å². The lowest BCUT2D eigenvalue weighted by Gasteiger charge is -2.33. The summed E-state index contributed by atoms with van der Waals surface area (Å²) in [5.41, 5.74) is 1.02. The van der Waals surface area contributed by atoms with E-state index in [-0.39, 0.29) is 17.8 Å². The first-order valence-electron chi connectivity index (χ1n) is 8.78. The Balaban J connectivity index is 2.79. The van der Waals surface area contributed by atoms with Crippen LogP contribution in [0.2, 0.25) is 0 Å². The predicted molar refractivity (Wildman–Crippen MR) is 101 cm³/mol. The number of amides is 1. The highest BCUT2D eigenvalue weighted by atomic mass is 16.6. The minimum Gasteiger partial charge on any atom is -0.444 e. The monoisotopic (exact) mass is 348 g/mol. The molecule has 5 nitrogen and oxygen atoms in total. The topological polar surface area (TPSA) is 49.9 Å². The summed E-state index contributed by atoms with van der Waals surface area (Å²) in [4.78, 5) is 28.7. The maximum absolute atomic E-state index is 13.0. The number of ether oxygens (including phenoxy) is 1. The van der Waals surface area contributed by atoms with Gasteiger partial charge in [-0.3, -0.25) is 4.79 Å². The fourth-order valence-electron chi connectivity index (χ4n) is 2.79. The molecule has 140 valence electrons. The van der Waals surface area contributed by atoms with Crippen molar-refractivity contribution in [3.8, 4) is 0 Å². The number of rotatable bonds is 5. The highest BCUT2D eigenvalue weighted by Gasteiger charge is 2.31. The van der Waals surface area contributed by atoms with E-state index in [9.17, 15) is 9.59 Å². The van der Waals surface area contributed by atoms with Gasteiger partial charge in [-0.25, -0.2) is 4.79 Å². The third-order valence-corrected chi connectivity index (χ3v) is 4.01. The fraction of sp³-hybridized carbons (Fsp3) is 0.600. The van der Waals surface area contributed by atoms with E-state index >= 15 is 0 Å². The second-order valence-electron chi connectivity index (χ2n) is 7.56. The third-order valence-electron chi connectivity index (χ3n) is 4.01. The summed E-state index contributed by atoms with van der Waals surface area (Å²) in [6.07, 6.45) is 6.45. The number of allylic oxidation sites excluding steroid dienone is 4. The Hall–Kier alpha value is -2.04. The zero-order chi connectivity index (χ0) is 19.2. The van der Waals surface area contributed by atoms with Crippen molar-refractivity contribution >= 4 is 11.9 Å². The van der Waals surface area contributed by atoms with Crippen LogP contribution < -0.4 is 0 Å². The molecule has 1 fully saturated rings. The van der Waals surface area contributed by atoms with Crippen LogP contribution in [0.15, 0.2) is 36.1 Å². The molecule has 1 amide bonds. The van der Waals surface area contributed by atoms with Crippen LogP contribution >= 0.6 is 0 Å². The van der Waals surface area contributed by atoms with Gasteiger partial charge in [0.05, 0.1) is 0 Å². The van der Waals surface area contributed by atoms with Crippen LogP contribution in [0.25, 0.3) is 0 Å². The van der Waals surface area contributed by atoms with Crippen molar-refractivity contribution in [2.45, 2.75) is 46.1 Å². The number of hydrogen-bond acceptors (Lipinski definition) is 4. The average Bonchev–Trinajstić information content (AvgIpc) is 2.52. The number of piperidine rings is 1. The quantitative estimate of drug-likeness (QED) is 0.560. The molecule has 1 aliphatic rings. The van der Waals surface area contributed by atoms with E-state index in [1.54, 1.807) is 11.0 Å². The molecular weight excluding hydrogens is 316 g/mol. The Kier molecular flexibility index (Phi) is 7.46. The highest BCUT2D eigenvalue weighted by Crippen LogP contribution is 2.26. The van der Waals surface area contributed by atoms with E-state index in [2.05, 4.69) is 6.58 Å². The Bertz CT molecular complexity index is 560. The lowest BCUT2D eigenvalue weighted by molar-refractivity contribution is -0.120. The van der Waals surface area contributed by atoms with Crippen molar-refractivity contribution in [3.63, 3.8) is 0 Å². The minimum atomic E-state index is -0.504. The molecular formula is C20H32N2O3. The second-order valence-corrected chi connectivity index (χ2v) is 7.56. The van der Waals surface area contributed by atoms with Crippen molar-refractivity contribution in [3.05, 3.63) is 36.1 Å². The number of carbonyl (C=O) groups excluding carboxylic acids is 2. The van der Waals surface area contributed by atoms with Crippen LogP contribution in [0.4, 0.5) is 4.79 Å². The van der Waals surface area contributed by atoms with Gasteiger partial charge in [0.2, 0.25) is 0 Å². The van der Waals surface area contributed by atoms with E-state index in [0.717, 1.165) is 5.57 Å². The van der Waals surface area contributed by atoms with Crippen molar-refractivity contribution in [2.24, 2.45) is 5.92 Å². The molecule has 0 saturated carbocycles. The van der Waals surface area contributed by atoms with Crippen molar-refractivity contribution in [1.29, 1.82) is 0 Å². The van der Waals surface area contributed by atoms with Crippen molar-refractivity contribution in [2.75, 3.05) is 27.2 Å². The third kappa shape index (κ3) is 6.40. The summed E-state index contributed by atoms with van der Waals surface area (Å²) in [6.45, 7) is 12.4. The first-order valence-corrected chi connectivity index (χ1v) is 8.78. The molecule has 1 rings (SSSR count). The Morgan fingerprint density at radius 2 is 1.76 bits per heavy atom. The number of hydrogen-bond donors (Lipinski definition) is 0. The number of Topliss-reactive ketones (excluding diaryl/α,β-unsaturated/α-hetero) is 1. The van der Waals surface area contributed by atoms with Gasteiger partial charge in [0.1, 0.15) is 5.60 Å². The number of likely N-dealkylation sites (tertiary alicyclic amines) is 1. The summed E-state index contributed by atoms with van der Waals surface area (Å²) in [5, 5.41) is 0. The molecule has 0 unspecified atom stereocenters. The molecule has 0 aromatic heterocycles. The molecule has 0 bridgehead atoms. The lowest BCUT2D eigenvalue weighted by Crippen LogP contribution is -2.43. The molecule has 1 saturated heterocycles. The normalized spacial score (nSPS) is 17.3. The van der Waals surface area contributed by atoms with E-state index in [1.807, 2.05) is 59.0 Å². The molecule has 0 aromatic carbocycles. The molecule has 0 aromatic rings. The van der Waals surface area contributed by atoms with E-state index in [0.29, 0.717) is 31.5 Å². The maximum Gasteiger partial charge on any atom is 0.410 e. The van der Waals surface area contributed by atoms with Gasteiger partial charge in [-0.15, -0.1) is 0 Å². The van der Waals surface area contributed by atoms with E-state index in [1.165, 1.54) is 0 Å². The van der Waals surface area contributed by atoms with Gasteiger partial charge in [0.15, 0.2) is 5.78 Å². The van der Waals surface area contributed by atoms with E-state index < -0.39 is 5.60 Å². The van der Waals surface area contributed by atoms with Crippen LogP contribution in [0.1, 0.15) is 40.5 Å². The zero-order valence-corrected chi connectivity index (χ0v) is 16.5. The summed E-state index contributed by atoms with van der Waals surface area (Å²) >= 11 is 0. The molecule has 1 heterocycles. The van der Waals surface area contributed by atoms with Gasteiger partial charge in [0.25, 0.3) is 0 Å². The molecule has 0 radical (unpaired) electrons. The van der Waals surface area contributed by atoms with Gasteiger partial charge in [0, 0.05) is 44.9 Å². The smallest absolute Gasteiger partial charge is 0.410 e. The van der Waals surface area contributed by atoms with Gasteiger partial charge in [-0.2, -0.15) is 0 Å². The predicted octanol–water partition coefficient (Wildman–Crippen LogP) is 3.78. The summed E-state index contributed by atoms with van der Waals surface area (Å²) in [5.74, 6) is 0.0327. The van der Waals surface area contributed by atoms with Crippen molar-refractivity contribution < 1.29 is 14.3 Å². The van der Waals surface area contributed by atoms with Gasteiger partial charge < -0.3 is 14.5 Å². The summed E-state index contributed by atoms with van der Waals surface area (Å²) in [6, 6.07) is 0. The van der Waals surface area contributed by atoms with Crippen LogP contribution in [0.3, 0.4) is 0 Å². The minimum absolute atomic E-state index is 0.0835. The first kappa shape index (κ1) is 21.0. The molecule has 1 aliphatic heterocycles. The Morgan fingerprint density at radius 1 is 1.20 bits per heavy atom. The van der Waals surface area contributed by atoms with E-state index in [4.69, 9.17) is 4.74 Å². The molecule has 0 aliphatic carbocycles. The highest BCUT2D eigenvalue weighted by molar-refractivity contribution is 6.01. The van der Waals surface area contributed by atoms with Crippen LogP contribution in [0.5, 0.6) is 0 Å². The molecule has 0 spiro atoms. The van der Waals surface area contributed by atoms with Gasteiger partial charge >= 0.3 is 6.09 Å². The largest absolute Gasteiger partial charge is 0.444 e. The standard InChI is InChI=1S/C20H32N2O3/c1-8-15(9-2)17(14-21(6)7)18(23)16-10-12-22(13-11-16)19(24)25-20(3,4)5/h8-9,14,16H,1,10-13H2,2-7H3. The number of carbonyl (C=O) groups is 2. The SMILES string of the molecule is C=CC(=CC)C(=CN(C)C)C(=O)C1CCN(C(=O)OC(C)(C)C)CC1.